The highest BCUT2D eigenvalue weighted by molar-refractivity contribution is 5.70. The van der Waals surface area contributed by atoms with E-state index in [0.717, 1.165) is 12.0 Å². The van der Waals surface area contributed by atoms with Crippen LogP contribution in [0.2, 0.25) is 0 Å². The highest BCUT2D eigenvalue weighted by atomic mass is 16.1. The molecule has 0 aromatic carbocycles. The lowest BCUT2D eigenvalue weighted by Crippen LogP contribution is -1.98. The number of aromatic nitrogens is 4. The third-order valence-electron chi connectivity index (χ3n) is 1.89. The fourth-order valence-electron chi connectivity index (χ4n) is 1.26. The number of rotatable bonds is 3. The fourth-order valence-corrected chi connectivity index (χ4v) is 1.26. The van der Waals surface area contributed by atoms with Crippen LogP contribution in [0.4, 0.5) is 0 Å². The van der Waals surface area contributed by atoms with Gasteiger partial charge in [0.2, 0.25) is 0 Å². The Morgan fingerprint density at radius 3 is 3.00 bits per heavy atom. The number of hydrogen-bond acceptors (Lipinski definition) is 3. The van der Waals surface area contributed by atoms with Crippen LogP contribution in [0, 0.1) is 0 Å². The highest BCUT2D eigenvalue weighted by Crippen LogP contribution is 2.00. The second-order valence-electron chi connectivity index (χ2n) is 3.07. The number of nitrogens with zero attached hydrogens (tertiary/aromatic N) is 4. The van der Waals surface area contributed by atoms with Crippen molar-refractivity contribution in [2.45, 2.75) is 6.54 Å². The zero-order chi connectivity index (χ0) is 9.97. The fraction of sp³-hybridized carbons (Fsp3) is 0.222. The monoisotopic (exact) mass is 190 g/mol. The first-order valence-electron chi connectivity index (χ1n) is 4.23. The van der Waals surface area contributed by atoms with E-state index in [1.807, 2.05) is 23.9 Å². The smallest absolute Gasteiger partial charge is 0.169 e. The average Bonchev–Trinajstić information content (AvgIpc) is 2.76. The van der Waals surface area contributed by atoms with Crippen LogP contribution in [0.5, 0.6) is 0 Å². The van der Waals surface area contributed by atoms with Gasteiger partial charge in [-0.3, -0.25) is 9.48 Å². The lowest BCUT2D eigenvalue weighted by molar-refractivity contribution is 0.111. The van der Waals surface area contributed by atoms with Gasteiger partial charge in [-0.25, -0.2) is 4.98 Å². The minimum absolute atomic E-state index is 0.445. The summed E-state index contributed by atoms with van der Waals surface area (Å²) in [5.41, 5.74) is 1.39. The van der Waals surface area contributed by atoms with Gasteiger partial charge in [0.05, 0.1) is 18.6 Å². The summed E-state index contributed by atoms with van der Waals surface area (Å²) in [5, 5.41) is 4.22. The van der Waals surface area contributed by atoms with E-state index in [1.54, 1.807) is 17.2 Å². The van der Waals surface area contributed by atoms with Crippen molar-refractivity contribution < 1.29 is 4.79 Å². The van der Waals surface area contributed by atoms with Gasteiger partial charge in [0.15, 0.2) is 6.29 Å². The van der Waals surface area contributed by atoms with E-state index in [0.29, 0.717) is 12.2 Å². The molecule has 0 spiro atoms. The SMILES string of the molecule is Cn1ccc(Cn2cnc(C=O)c2)n1. The Bertz CT molecular complexity index is 443. The van der Waals surface area contributed by atoms with Gasteiger partial charge in [-0.1, -0.05) is 0 Å². The molecule has 5 heteroatoms. The number of aldehydes is 1. The molecule has 0 saturated carbocycles. The second-order valence-corrected chi connectivity index (χ2v) is 3.07. The maximum Gasteiger partial charge on any atom is 0.169 e. The van der Waals surface area contributed by atoms with Gasteiger partial charge in [-0.2, -0.15) is 5.10 Å². The van der Waals surface area contributed by atoms with Crippen LogP contribution < -0.4 is 0 Å². The summed E-state index contributed by atoms with van der Waals surface area (Å²) in [5.74, 6) is 0. The van der Waals surface area contributed by atoms with Crippen molar-refractivity contribution in [2.75, 3.05) is 0 Å². The Labute approximate surface area is 81.0 Å². The molecule has 2 rings (SSSR count). The predicted octanol–water partition coefficient (Wildman–Crippen LogP) is 0.477. The molecule has 0 amide bonds. The van der Waals surface area contributed by atoms with Crippen LogP contribution in [-0.4, -0.2) is 25.6 Å². The molecule has 5 nitrogen and oxygen atoms in total. The Morgan fingerprint density at radius 2 is 2.43 bits per heavy atom. The summed E-state index contributed by atoms with van der Waals surface area (Å²) in [6.45, 7) is 0.641. The van der Waals surface area contributed by atoms with Crippen LogP contribution in [0.1, 0.15) is 16.2 Å². The lowest BCUT2D eigenvalue weighted by Gasteiger charge is -1.96. The standard InChI is InChI=1S/C9H10N4O/c1-12-3-2-8(11-12)4-13-5-9(6-14)10-7-13/h2-3,5-7H,4H2,1H3. The first-order chi connectivity index (χ1) is 6.78. The van der Waals surface area contributed by atoms with Crippen LogP contribution in [-0.2, 0) is 13.6 Å². The molecular formula is C9H10N4O. The highest BCUT2D eigenvalue weighted by Gasteiger charge is 2.00. The third kappa shape index (κ3) is 1.71. The van der Waals surface area contributed by atoms with Crippen molar-refractivity contribution in [1.82, 2.24) is 19.3 Å². The van der Waals surface area contributed by atoms with Crippen molar-refractivity contribution in [3.8, 4) is 0 Å². The molecule has 2 aromatic rings. The molecule has 0 unspecified atom stereocenters. The van der Waals surface area contributed by atoms with E-state index in [-0.39, 0.29) is 0 Å². The molecule has 0 aliphatic carbocycles. The van der Waals surface area contributed by atoms with Gasteiger partial charge in [-0.15, -0.1) is 0 Å². The van der Waals surface area contributed by atoms with E-state index >= 15 is 0 Å². The van der Waals surface area contributed by atoms with Gasteiger partial charge in [0.1, 0.15) is 5.69 Å². The summed E-state index contributed by atoms with van der Waals surface area (Å²) < 4.78 is 3.57. The quantitative estimate of drug-likeness (QED) is 0.661. The van der Waals surface area contributed by atoms with Crippen LogP contribution in [0.15, 0.2) is 24.8 Å². The minimum atomic E-state index is 0.445. The second kappa shape index (κ2) is 3.45. The van der Waals surface area contributed by atoms with E-state index in [4.69, 9.17) is 0 Å². The predicted molar refractivity (Wildman–Crippen MR) is 49.9 cm³/mol. The third-order valence-corrected chi connectivity index (χ3v) is 1.89. The van der Waals surface area contributed by atoms with Gasteiger partial charge in [0, 0.05) is 19.4 Å². The Balaban J connectivity index is 2.14. The van der Waals surface area contributed by atoms with Crippen LogP contribution in [0.3, 0.4) is 0 Å². The zero-order valence-corrected chi connectivity index (χ0v) is 7.79. The topological polar surface area (TPSA) is 52.7 Å². The maximum atomic E-state index is 10.4. The summed E-state index contributed by atoms with van der Waals surface area (Å²) in [7, 11) is 1.87. The number of carbonyl (C=O) groups is 1. The normalized spacial score (nSPS) is 10.4. The number of hydrogen-bond donors (Lipinski definition) is 0. The van der Waals surface area contributed by atoms with Crippen molar-refractivity contribution >= 4 is 6.29 Å². The van der Waals surface area contributed by atoms with Gasteiger partial charge >= 0.3 is 0 Å². The molecule has 2 aromatic heterocycles. The molecule has 0 N–H and O–H groups in total. The van der Waals surface area contributed by atoms with Crippen molar-refractivity contribution in [3.05, 3.63) is 36.2 Å². The summed E-state index contributed by atoms with van der Waals surface area (Å²) in [6.07, 6.45) is 5.93. The molecule has 14 heavy (non-hydrogen) atoms. The molecule has 0 fully saturated rings. The number of aryl methyl sites for hydroxylation is 1. The maximum absolute atomic E-state index is 10.4. The lowest BCUT2D eigenvalue weighted by atomic mass is 10.4. The Hall–Kier alpha value is -1.91. The molecule has 0 radical (unpaired) electrons. The van der Waals surface area contributed by atoms with Crippen molar-refractivity contribution in [2.24, 2.45) is 7.05 Å². The molecule has 0 atom stereocenters. The molecule has 0 aliphatic rings. The first-order valence-corrected chi connectivity index (χ1v) is 4.23. The Kier molecular flexibility index (Phi) is 2.14. The van der Waals surface area contributed by atoms with E-state index in [1.165, 1.54) is 0 Å². The summed E-state index contributed by atoms with van der Waals surface area (Å²) in [6, 6.07) is 1.93. The molecular weight excluding hydrogens is 180 g/mol. The Morgan fingerprint density at radius 1 is 1.57 bits per heavy atom. The van der Waals surface area contributed by atoms with Crippen LogP contribution in [0.25, 0.3) is 0 Å². The molecule has 72 valence electrons. The molecule has 0 aliphatic heterocycles. The molecule has 2 heterocycles. The van der Waals surface area contributed by atoms with Crippen molar-refractivity contribution in [3.63, 3.8) is 0 Å². The minimum Gasteiger partial charge on any atom is -0.331 e. The zero-order valence-electron chi connectivity index (χ0n) is 7.79. The van der Waals surface area contributed by atoms with Gasteiger partial charge < -0.3 is 4.57 Å². The van der Waals surface area contributed by atoms with Crippen LogP contribution >= 0.6 is 0 Å². The average molecular weight is 190 g/mol. The summed E-state index contributed by atoms with van der Waals surface area (Å²) in [4.78, 5) is 14.3. The molecule has 0 saturated heterocycles. The van der Waals surface area contributed by atoms with Crippen molar-refractivity contribution in [1.29, 1.82) is 0 Å². The molecule has 0 bridgehead atoms. The largest absolute Gasteiger partial charge is 0.331 e. The number of imidazole rings is 1. The number of carbonyl (C=O) groups excluding carboxylic acids is 1. The van der Waals surface area contributed by atoms with E-state index in [9.17, 15) is 4.79 Å². The summed E-state index contributed by atoms with van der Waals surface area (Å²) >= 11 is 0. The first kappa shape index (κ1) is 8.68. The van der Waals surface area contributed by atoms with E-state index < -0.39 is 0 Å². The van der Waals surface area contributed by atoms with Gasteiger partial charge in [-0.05, 0) is 6.07 Å². The van der Waals surface area contributed by atoms with E-state index in [2.05, 4.69) is 10.1 Å². The van der Waals surface area contributed by atoms with Gasteiger partial charge in [0.25, 0.3) is 0 Å².